The molecule has 1 unspecified atom stereocenters. The van der Waals surface area contributed by atoms with Crippen molar-refractivity contribution in [2.45, 2.75) is 12.5 Å². The average molecular weight is 262 g/mol. The predicted octanol–water partition coefficient (Wildman–Crippen LogP) is 0.698. The Bertz CT molecular complexity index is 507. The van der Waals surface area contributed by atoms with Crippen LogP contribution in [0.15, 0.2) is 24.5 Å². The molecule has 0 saturated carbocycles. The van der Waals surface area contributed by atoms with Gasteiger partial charge in [0.2, 0.25) is 0 Å². The van der Waals surface area contributed by atoms with Crippen LogP contribution in [0, 0.1) is 0 Å². The number of nitrogens with one attached hydrogen (secondary N) is 1. The lowest BCUT2D eigenvalue weighted by Gasteiger charge is -2.11. The van der Waals surface area contributed by atoms with E-state index in [0.29, 0.717) is 24.3 Å². The highest BCUT2D eigenvalue weighted by molar-refractivity contribution is 5.98. The highest BCUT2D eigenvalue weighted by Crippen LogP contribution is 2.11. The second-order valence-electron chi connectivity index (χ2n) is 4.17. The smallest absolute Gasteiger partial charge is 0.328 e. The van der Waals surface area contributed by atoms with E-state index in [9.17, 15) is 9.59 Å². The zero-order valence-corrected chi connectivity index (χ0v) is 10.2. The van der Waals surface area contributed by atoms with Crippen molar-refractivity contribution in [3.05, 3.63) is 35.7 Å². The van der Waals surface area contributed by atoms with Gasteiger partial charge in [0.1, 0.15) is 0 Å². The molecular formula is C13H14N2O4. The third kappa shape index (κ3) is 3.62. The molecule has 0 aromatic carbocycles. The van der Waals surface area contributed by atoms with Crippen LogP contribution in [-0.2, 0) is 9.53 Å². The van der Waals surface area contributed by atoms with E-state index in [4.69, 9.17) is 9.84 Å². The van der Waals surface area contributed by atoms with E-state index in [2.05, 4.69) is 10.3 Å². The maximum absolute atomic E-state index is 12.1. The molecule has 0 bridgehead atoms. The lowest BCUT2D eigenvalue weighted by atomic mass is 10.1. The first-order valence-corrected chi connectivity index (χ1v) is 5.90. The molecule has 19 heavy (non-hydrogen) atoms. The van der Waals surface area contributed by atoms with Gasteiger partial charge in [-0.15, -0.1) is 0 Å². The number of hydrogen-bond donors (Lipinski definition) is 2. The number of hydrogen-bond acceptors (Lipinski definition) is 4. The summed E-state index contributed by atoms with van der Waals surface area (Å²) in [6.45, 7) is 1.16. The molecule has 100 valence electrons. The molecular weight excluding hydrogens is 248 g/mol. The number of ether oxygens (including phenoxy) is 1. The van der Waals surface area contributed by atoms with Crippen molar-refractivity contribution in [1.29, 1.82) is 0 Å². The monoisotopic (exact) mass is 262 g/mol. The molecule has 2 N–H and O–H groups in total. The predicted molar refractivity (Wildman–Crippen MR) is 67.6 cm³/mol. The maximum atomic E-state index is 12.1. The molecule has 1 fully saturated rings. The summed E-state index contributed by atoms with van der Waals surface area (Å²) in [7, 11) is 0. The van der Waals surface area contributed by atoms with Gasteiger partial charge in [-0.1, -0.05) is 0 Å². The Kier molecular flexibility index (Phi) is 4.25. The standard InChI is InChI=1S/C13H14N2O4/c16-12(17)2-1-9-7-14-5-3-11(9)13(18)15-10-4-6-19-8-10/h1-3,5,7,10H,4,6,8H2,(H,15,18)(H,16,17)/b2-1+. The minimum Gasteiger partial charge on any atom is -0.478 e. The third-order valence-electron chi connectivity index (χ3n) is 2.77. The summed E-state index contributed by atoms with van der Waals surface area (Å²) in [4.78, 5) is 26.5. The summed E-state index contributed by atoms with van der Waals surface area (Å²) in [5.74, 6) is -1.32. The number of pyridine rings is 1. The molecule has 1 aromatic heterocycles. The Morgan fingerprint density at radius 3 is 3.05 bits per heavy atom. The molecule has 2 rings (SSSR count). The van der Waals surface area contributed by atoms with E-state index < -0.39 is 5.97 Å². The average Bonchev–Trinajstić information content (AvgIpc) is 2.89. The Morgan fingerprint density at radius 1 is 1.53 bits per heavy atom. The Labute approximate surface area is 110 Å². The number of carbonyl (C=O) groups is 2. The quantitative estimate of drug-likeness (QED) is 0.780. The zero-order chi connectivity index (χ0) is 13.7. The molecule has 1 aliphatic rings. The van der Waals surface area contributed by atoms with Gasteiger partial charge in [0.05, 0.1) is 12.6 Å². The fourth-order valence-corrected chi connectivity index (χ4v) is 1.82. The Morgan fingerprint density at radius 2 is 2.37 bits per heavy atom. The third-order valence-corrected chi connectivity index (χ3v) is 2.77. The number of carboxylic acids is 1. The minimum absolute atomic E-state index is 0.0111. The van der Waals surface area contributed by atoms with Crippen molar-refractivity contribution >= 4 is 18.0 Å². The van der Waals surface area contributed by atoms with Crippen LogP contribution in [0.1, 0.15) is 22.3 Å². The first-order valence-electron chi connectivity index (χ1n) is 5.90. The first kappa shape index (κ1) is 13.2. The van der Waals surface area contributed by atoms with E-state index in [1.165, 1.54) is 18.5 Å². The fraction of sp³-hybridized carbons (Fsp3) is 0.308. The topological polar surface area (TPSA) is 88.5 Å². The number of amides is 1. The van der Waals surface area contributed by atoms with Crippen LogP contribution in [0.2, 0.25) is 0 Å². The summed E-state index contributed by atoms with van der Waals surface area (Å²) >= 11 is 0. The number of rotatable bonds is 4. The molecule has 1 aromatic rings. The van der Waals surface area contributed by atoms with Gasteiger partial charge < -0.3 is 15.2 Å². The van der Waals surface area contributed by atoms with Crippen LogP contribution in [0.5, 0.6) is 0 Å². The van der Waals surface area contributed by atoms with Gasteiger partial charge in [-0.3, -0.25) is 9.78 Å². The summed E-state index contributed by atoms with van der Waals surface area (Å²) in [5.41, 5.74) is 0.876. The lowest BCUT2D eigenvalue weighted by Crippen LogP contribution is -2.35. The molecule has 6 nitrogen and oxygen atoms in total. The summed E-state index contributed by atoms with van der Waals surface area (Å²) in [5, 5.41) is 11.5. The van der Waals surface area contributed by atoms with Crippen molar-refractivity contribution < 1.29 is 19.4 Å². The van der Waals surface area contributed by atoms with E-state index in [1.807, 2.05) is 0 Å². The summed E-state index contributed by atoms with van der Waals surface area (Å²) in [6, 6.07) is 1.57. The molecule has 0 radical (unpaired) electrons. The Hall–Kier alpha value is -2.21. The van der Waals surface area contributed by atoms with Crippen molar-refractivity contribution in [3.8, 4) is 0 Å². The van der Waals surface area contributed by atoms with Crippen LogP contribution in [0.4, 0.5) is 0 Å². The highest BCUT2D eigenvalue weighted by atomic mass is 16.5. The van der Waals surface area contributed by atoms with Crippen LogP contribution >= 0.6 is 0 Å². The van der Waals surface area contributed by atoms with E-state index in [0.717, 1.165) is 12.5 Å². The molecule has 0 aliphatic carbocycles. The molecule has 2 heterocycles. The minimum atomic E-state index is -1.07. The van der Waals surface area contributed by atoms with E-state index in [-0.39, 0.29) is 11.9 Å². The van der Waals surface area contributed by atoms with E-state index >= 15 is 0 Å². The number of carboxylic acid groups (broad SMARTS) is 1. The zero-order valence-electron chi connectivity index (χ0n) is 10.2. The van der Waals surface area contributed by atoms with Crippen molar-refractivity contribution in [2.75, 3.05) is 13.2 Å². The SMILES string of the molecule is O=C(O)/C=C/c1cnccc1C(=O)NC1CCOC1. The lowest BCUT2D eigenvalue weighted by molar-refractivity contribution is -0.131. The van der Waals surface area contributed by atoms with Gasteiger partial charge >= 0.3 is 5.97 Å². The van der Waals surface area contributed by atoms with Crippen molar-refractivity contribution in [2.24, 2.45) is 0 Å². The molecule has 0 spiro atoms. The number of nitrogens with zero attached hydrogens (tertiary/aromatic N) is 1. The van der Waals surface area contributed by atoms with Gasteiger partial charge in [0.25, 0.3) is 5.91 Å². The van der Waals surface area contributed by atoms with Gasteiger partial charge in [-0.2, -0.15) is 0 Å². The number of carbonyl (C=O) groups excluding carboxylic acids is 1. The van der Waals surface area contributed by atoms with Crippen molar-refractivity contribution in [3.63, 3.8) is 0 Å². The van der Waals surface area contributed by atoms with Gasteiger partial charge in [0.15, 0.2) is 0 Å². The van der Waals surface area contributed by atoms with Gasteiger partial charge in [-0.25, -0.2) is 4.79 Å². The van der Waals surface area contributed by atoms with Crippen molar-refractivity contribution in [1.82, 2.24) is 10.3 Å². The van der Waals surface area contributed by atoms with Crippen LogP contribution in [-0.4, -0.2) is 41.2 Å². The molecule has 1 saturated heterocycles. The van der Waals surface area contributed by atoms with E-state index in [1.54, 1.807) is 6.07 Å². The highest BCUT2D eigenvalue weighted by Gasteiger charge is 2.19. The van der Waals surface area contributed by atoms with Crippen LogP contribution in [0.3, 0.4) is 0 Å². The second kappa shape index (κ2) is 6.10. The maximum Gasteiger partial charge on any atom is 0.328 e. The molecule has 6 heteroatoms. The molecule has 1 amide bonds. The summed E-state index contributed by atoms with van der Waals surface area (Å²) in [6.07, 6.45) is 6.08. The first-order chi connectivity index (χ1) is 9.16. The Balaban J connectivity index is 2.13. The molecule has 1 atom stereocenters. The summed E-state index contributed by atoms with van der Waals surface area (Å²) < 4.78 is 5.18. The van der Waals surface area contributed by atoms with Crippen LogP contribution < -0.4 is 5.32 Å². The van der Waals surface area contributed by atoms with Gasteiger partial charge in [0, 0.05) is 36.2 Å². The number of aliphatic carboxylic acids is 1. The van der Waals surface area contributed by atoms with Gasteiger partial charge in [-0.05, 0) is 18.6 Å². The second-order valence-corrected chi connectivity index (χ2v) is 4.17. The fourth-order valence-electron chi connectivity index (χ4n) is 1.82. The molecule has 1 aliphatic heterocycles. The van der Waals surface area contributed by atoms with Crippen LogP contribution in [0.25, 0.3) is 6.08 Å². The number of aromatic nitrogens is 1. The normalized spacial score (nSPS) is 18.6. The largest absolute Gasteiger partial charge is 0.478 e.